The molecule has 0 saturated heterocycles. The van der Waals surface area contributed by atoms with Gasteiger partial charge in [0.25, 0.3) is 0 Å². The molecule has 0 spiro atoms. The molecule has 0 unspecified atom stereocenters. The maximum absolute atomic E-state index is 8.72. The largest absolute Gasteiger partial charge is 0.490 e. The molecular weight excluding hydrogens is 272 g/mol. The van der Waals surface area contributed by atoms with Crippen molar-refractivity contribution in [2.45, 2.75) is 13.8 Å². The number of ether oxygens (including phenoxy) is 2. The van der Waals surface area contributed by atoms with Gasteiger partial charge in [-0.05, 0) is 32.0 Å². The monoisotopic (exact) mass is 288 g/mol. The van der Waals surface area contributed by atoms with Gasteiger partial charge in [-0.3, -0.25) is 0 Å². The van der Waals surface area contributed by atoms with E-state index in [1.807, 2.05) is 19.1 Å². The van der Waals surface area contributed by atoms with Crippen LogP contribution in [0.3, 0.4) is 0 Å². The summed E-state index contributed by atoms with van der Waals surface area (Å²) in [6.07, 6.45) is 0. The summed E-state index contributed by atoms with van der Waals surface area (Å²) in [5.74, 6) is 0.981. The summed E-state index contributed by atoms with van der Waals surface area (Å²) in [6.45, 7) is 4.16. The standard InChI is InChI=1S/C14H16N4O3/c1-3-20-11-6-4-5-7-12(11)21-14-16-9(2)8-10(17-14)13(15)18-19/h4-8,19H,3H2,1-2H3,(H2,15,18). The molecule has 7 heteroatoms. The first-order valence-electron chi connectivity index (χ1n) is 6.37. The highest BCUT2D eigenvalue weighted by molar-refractivity contribution is 5.95. The summed E-state index contributed by atoms with van der Waals surface area (Å²) >= 11 is 0. The second kappa shape index (κ2) is 6.56. The van der Waals surface area contributed by atoms with E-state index in [4.69, 9.17) is 20.4 Å². The maximum Gasteiger partial charge on any atom is 0.322 e. The predicted octanol–water partition coefficient (Wildman–Crippen LogP) is 2.07. The Morgan fingerprint density at radius 3 is 2.67 bits per heavy atom. The van der Waals surface area contributed by atoms with Gasteiger partial charge in [0, 0.05) is 5.69 Å². The first-order valence-corrected chi connectivity index (χ1v) is 6.37. The van der Waals surface area contributed by atoms with E-state index in [-0.39, 0.29) is 17.5 Å². The lowest BCUT2D eigenvalue weighted by molar-refractivity contribution is 0.316. The minimum absolute atomic E-state index is 0.101. The number of hydrogen-bond donors (Lipinski definition) is 2. The predicted molar refractivity (Wildman–Crippen MR) is 77.0 cm³/mol. The topological polar surface area (TPSA) is 103 Å². The molecule has 1 aromatic heterocycles. The number of aryl methyl sites for hydroxylation is 1. The molecule has 3 N–H and O–H groups in total. The number of nitrogens with zero attached hydrogens (tertiary/aromatic N) is 3. The van der Waals surface area contributed by atoms with E-state index in [0.717, 1.165) is 0 Å². The van der Waals surface area contributed by atoms with Crippen LogP contribution in [0.1, 0.15) is 18.3 Å². The van der Waals surface area contributed by atoms with Gasteiger partial charge in [-0.15, -0.1) is 0 Å². The lowest BCUT2D eigenvalue weighted by Gasteiger charge is -2.10. The van der Waals surface area contributed by atoms with Crippen molar-refractivity contribution in [3.8, 4) is 17.5 Å². The van der Waals surface area contributed by atoms with Gasteiger partial charge in [-0.25, -0.2) is 4.98 Å². The van der Waals surface area contributed by atoms with Crippen molar-refractivity contribution >= 4 is 5.84 Å². The first-order chi connectivity index (χ1) is 10.1. The van der Waals surface area contributed by atoms with Crippen LogP contribution >= 0.6 is 0 Å². The molecule has 7 nitrogen and oxygen atoms in total. The minimum Gasteiger partial charge on any atom is -0.490 e. The van der Waals surface area contributed by atoms with Gasteiger partial charge >= 0.3 is 6.01 Å². The van der Waals surface area contributed by atoms with Gasteiger partial charge in [-0.2, -0.15) is 4.98 Å². The third kappa shape index (κ3) is 3.59. The lowest BCUT2D eigenvalue weighted by Crippen LogP contribution is -2.16. The molecule has 1 aromatic carbocycles. The van der Waals surface area contributed by atoms with E-state index in [2.05, 4.69) is 15.1 Å². The first kappa shape index (κ1) is 14.6. The van der Waals surface area contributed by atoms with Crippen molar-refractivity contribution in [1.82, 2.24) is 9.97 Å². The highest BCUT2D eigenvalue weighted by atomic mass is 16.5. The molecule has 110 valence electrons. The smallest absolute Gasteiger partial charge is 0.322 e. The normalized spacial score (nSPS) is 11.2. The molecule has 0 fully saturated rings. The molecule has 21 heavy (non-hydrogen) atoms. The van der Waals surface area contributed by atoms with Crippen LogP contribution in [-0.4, -0.2) is 27.6 Å². The third-order valence-corrected chi connectivity index (χ3v) is 2.55. The average molecular weight is 288 g/mol. The number of rotatable bonds is 5. The molecule has 0 aliphatic carbocycles. The van der Waals surface area contributed by atoms with Crippen molar-refractivity contribution < 1.29 is 14.7 Å². The van der Waals surface area contributed by atoms with Crippen molar-refractivity contribution in [2.24, 2.45) is 10.9 Å². The quantitative estimate of drug-likeness (QED) is 0.378. The number of nitrogens with two attached hydrogens (primary N) is 1. The van der Waals surface area contributed by atoms with Crippen molar-refractivity contribution in [3.05, 3.63) is 41.7 Å². The van der Waals surface area contributed by atoms with Gasteiger partial charge < -0.3 is 20.4 Å². The minimum atomic E-state index is -0.108. The fourth-order valence-electron chi connectivity index (χ4n) is 1.68. The Morgan fingerprint density at radius 1 is 1.29 bits per heavy atom. The van der Waals surface area contributed by atoms with E-state index in [0.29, 0.717) is 23.8 Å². The summed E-state index contributed by atoms with van der Waals surface area (Å²) in [5.41, 5.74) is 6.45. The molecule has 1 heterocycles. The second-order valence-electron chi connectivity index (χ2n) is 4.14. The zero-order chi connectivity index (χ0) is 15.2. The zero-order valence-corrected chi connectivity index (χ0v) is 11.8. The Labute approximate surface area is 122 Å². The van der Waals surface area contributed by atoms with Crippen molar-refractivity contribution in [2.75, 3.05) is 6.61 Å². The summed E-state index contributed by atoms with van der Waals surface area (Å²) < 4.78 is 11.1. The fourth-order valence-corrected chi connectivity index (χ4v) is 1.68. The van der Waals surface area contributed by atoms with Gasteiger partial charge in [0.05, 0.1) is 6.61 Å². The summed E-state index contributed by atoms with van der Waals surface area (Å²) in [7, 11) is 0. The van der Waals surface area contributed by atoms with Crippen LogP contribution in [0.4, 0.5) is 0 Å². The van der Waals surface area contributed by atoms with Crippen LogP contribution in [0.2, 0.25) is 0 Å². The number of hydrogen-bond acceptors (Lipinski definition) is 6. The van der Waals surface area contributed by atoms with E-state index >= 15 is 0 Å². The van der Waals surface area contributed by atoms with Crippen LogP contribution in [0.25, 0.3) is 0 Å². The van der Waals surface area contributed by atoms with Crippen molar-refractivity contribution in [1.29, 1.82) is 0 Å². The molecule has 0 aliphatic rings. The summed E-state index contributed by atoms with van der Waals surface area (Å²) in [6, 6.07) is 8.90. The fraction of sp³-hybridized carbons (Fsp3) is 0.214. The molecule has 0 radical (unpaired) electrons. The van der Waals surface area contributed by atoms with Crippen molar-refractivity contribution in [3.63, 3.8) is 0 Å². The second-order valence-corrected chi connectivity index (χ2v) is 4.14. The van der Waals surface area contributed by atoms with E-state index < -0.39 is 0 Å². The number of oxime groups is 1. The van der Waals surface area contributed by atoms with Gasteiger partial charge in [-0.1, -0.05) is 17.3 Å². The summed E-state index contributed by atoms with van der Waals surface area (Å²) in [4.78, 5) is 8.26. The number of benzene rings is 1. The van der Waals surface area contributed by atoms with Crippen LogP contribution in [0.5, 0.6) is 17.5 Å². The van der Waals surface area contributed by atoms with Gasteiger partial charge in [0.1, 0.15) is 5.69 Å². The molecular formula is C14H16N4O3. The Hall–Kier alpha value is -2.83. The molecule has 0 aliphatic heterocycles. The molecule has 0 saturated carbocycles. The maximum atomic E-state index is 8.72. The molecule has 0 bridgehead atoms. The number of amidine groups is 1. The summed E-state index contributed by atoms with van der Waals surface area (Å²) in [5, 5.41) is 11.6. The van der Waals surface area contributed by atoms with Gasteiger partial charge in [0.15, 0.2) is 17.3 Å². The van der Waals surface area contributed by atoms with Crippen LogP contribution in [0, 0.1) is 6.92 Å². The molecule has 2 aromatic rings. The molecule has 0 atom stereocenters. The SMILES string of the molecule is CCOc1ccccc1Oc1nc(C)cc(/C(N)=N/O)n1. The number of aromatic nitrogens is 2. The van der Waals surface area contributed by atoms with Gasteiger partial charge in [0.2, 0.25) is 0 Å². The van der Waals surface area contributed by atoms with E-state index in [9.17, 15) is 0 Å². The Morgan fingerprint density at radius 2 is 2.00 bits per heavy atom. The highest BCUT2D eigenvalue weighted by Crippen LogP contribution is 2.29. The highest BCUT2D eigenvalue weighted by Gasteiger charge is 2.11. The average Bonchev–Trinajstić information content (AvgIpc) is 2.48. The van der Waals surface area contributed by atoms with E-state index in [1.54, 1.807) is 25.1 Å². The Bertz CT molecular complexity index is 658. The van der Waals surface area contributed by atoms with Crippen LogP contribution < -0.4 is 15.2 Å². The molecule has 0 amide bonds. The zero-order valence-electron chi connectivity index (χ0n) is 11.8. The van der Waals surface area contributed by atoms with Crippen LogP contribution in [0.15, 0.2) is 35.5 Å². The van der Waals surface area contributed by atoms with E-state index in [1.165, 1.54) is 0 Å². The van der Waals surface area contributed by atoms with Crippen LogP contribution in [-0.2, 0) is 0 Å². The third-order valence-electron chi connectivity index (χ3n) is 2.55. The molecule has 2 rings (SSSR count). The Kier molecular flexibility index (Phi) is 4.55. The Balaban J connectivity index is 2.34. The number of para-hydroxylation sites is 2. The lowest BCUT2D eigenvalue weighted by atomic mass is 10.3.